The van der Waals surface area contributed by atoms with Crippen molar-refractivity contribution in [2.45, 2.75) is 17.7 Å². The van der Waals surface area contributed by atoms with E-state index in [1.807, 2.05) is 18.2 Å². The van der Waals surface area contributed by atoms with E-state index < -0.39 is 16.0 Å². The Bertz CT molecular complexity index is 1110. The molecule has 0 atom stereocenters. The maximum atomic E-state index is 12.7. The van der Waals surface area contributed by atoms with Gasteiger partial charge in [-0.15, -0.1) is 0 Å². The zero-order valence-electron chi connectivity index (χ0n) is 13.2. The highest BCUT2D eigenvalue weighted by molar-refractivity contribution is 7.92. The molecule has 1 aliphatic carbocycles. The lowest BCUT2D eigenvalue weighted by Crippen LogP contribution is -2.14. The van der Waals surface area contributed by atoms with Gasteiger partial charge in [0.25, 0.3) is 10.0 Å². The normalized spacial score (nSPS) is 13.1. The molecular weight excluding hydrogens is 338 g/mol. The van der Waals surface area contributed by atoms with Gasteiger partial charge in [-0.1, -0.05) is 30.3 Å². The average molecular weight is 353 g/mol. The highest BCUT2D eigenvalue weighted by atomic mass is 32.2. The largest absolute Gasteiger partial charge is 0.478 e. The van der Waals surface area contributed by atoms with Gasteiger partial charge in [-0.2, -0.15) is 0 Å². The molecule has 0 aromatic heterocycles. The van der Waals surface area contributed by atoms with Crippen molar-refractivity contribution in [1.82, 2.24) is 0 Å². The number of carboxylic acids is 1. The number of anilines is 1. The van der Waals surface area contributed by atoms with Crippen LogP contribution in [-0.4, -0.2) is 19.5 Å². The zero-order chi connectivity index (χ0) is 17.6. The fourth-order valence-corrected chi connectivity index (χ4v) is 4.46. The van der Waals surface area contributed by atoms with Crippen molar-refractivity contribution in [3.63, 3.8) is 0 Å². The van der Waals surface area contributed by atoms with Crippen molar-refractivity contribution in [2.75, 3.05) is 4.72 Å². The fraction of sp³-hybridized carbons (Fsp3) is 0.105. The van der Waals surface area contributed by atoms with Crippen LogP contribution in [0.2, 0.25) is 0 Å². The second-order valence-corrected chi connectivity index (χ2v) is 7.73. The number of aromatic carboxylic acids is 1. The minimum Gasteiger partial charge on any atom is -0.478 e. The fourth-order valence-electron chi connectivity index (χ4n) is 3.34. The Balaban J connectivity index is 1.79. The van der Waals surface area contributed by atoms with Crippen LogP contribution in [-0.2, 0) is 22.9 Å². The molecule has 0 saturated carbocycles. The van der Waals surface area contributed by atoms with Gasteiger partial charge < -0.3 is 5.11 Å². The molecule has 0 fully saturated rings. The molecule has 0 amide bonds. The van der Waals surface area contributed by atoms with Crippen LogP contribution >= 0.6 is 0 Å². The van der Waals surface area contributed by atoms with Crippen molar-refractivity contribution in [3.8, 4) is 0 Å². The molecule has 5 nitrogen and oxygen atoms in total. The predicted octanol–water partition coefficient (Wildman–Crippen LogP) is 3.44. The number of aryl methyl sites for hydroxylation is 2. The Kier molecular flexibility index (Phi) is 3.51. The molecular formula is C19H15NO4S. The maximum Gasteiger partial charge on any atom is 0.335 e. The molecule has 2 N–H and O–H groups in total. The number of sulfonamides is 1. The van der Waals surface area contributed by atoms with Gasteiger partial charge in [0, 0.05) is 5.39 Å². The van der Waals surface area contributed by atoms with E-state index in [1.54, 1.807) is 6.07 Å². The lowest BCUT2D eigenvalue weighted by molar-refractivity contribution is 0.0696. The smallest absolute Gasteiger partial charge is 0.335 e. The molecule has 0 bridgehead atoms. The Labute approximate surface area is 145 Å². The van der Waals surface area contributed by atoms with Gasteiger partial charge in [0.15, 0.2) is 0 Å². The van der Waals surface area contributed by atoms with E-state index in [9.17, 15) is 13.2 Å². The van der Waals surface area contributed by atoms with Gasteiger partial charge in [0.1, 0.15) is 0 Å². The summed E-state index contributed by atoms with van der Waals surface area (Å²) in [7, 11) is -3.88. The quantitative estimate of drug-likeness (QED) is 0.753. The standard InChI is InChI=1S/C19H15NO4S/c21-19(22)14-4-1-5-15(11-14)25(23,24)20-17-10-9-13-8-7-12-3-2-6-16(17)18(12)13/h1-6,9-11,20H,7-8H2,(H,21,22). The van der Waals surface area contributed by atoms with E-state index in [-0.39, 0.29) is 10.5 Å². The molecule has 6 heteroatoms. The lowest BCUT2D eigenvalue weighted by Gasteiger charge is -2.12. The van der Waals surface area contributed by atoms with Crippen molar-refractivity contribution in [3.05, 3.63) is 71.3 Å². The number of carbonyl (C=O) groups is 1. The van der Waals surface area contributed by atoms with Crippen LogP contribution < -0.4 is 4.72 Å². The molecule has 0 saturated heterocycles. The number of rotatable bonds is 4. The molecule has 0 unspecified atom stereocenters. The van der Waals surface area contributed by atoms with Crippen molar-refractivity contribution < 1.29 is 18.3 Å². The summed E-state index contributed by atoms with van der Waals surface area (Å²) in [5, 5.41) is 11.0. The second-order valence-electron chi connectivity index (χ2n) is 6.05. The molecule has 4 rings (SSSR count). The summed E-state index contributed by atoms with van der Waals surface area (Å²) in [6.45, 7) is 0. The molecule has 0 aliphatic heterocycles. The number of nitrogens with one attached hydrogen (secondary N) is 1. The Morgan fingerprint density at radius 3 is 2.44 bits per heavy atom. The van der Waals surface area contributed by atoms with Gasteiger partial charge in [0.05, 0.1) is 16.1 Å². The number of hydrogen-bond donors (Lipinski definition) is 2. The Hall–Kier alpha value is -2.86. The summed E-state index contributed by atoms with van der Waals surface area (Å²) in [6, 6.07) is 14.9. The van der Waals surface area contributed by atoms with Gasteiger partial charge in [-0.25, -0.2) is 13.2 Å². The number of hydrogen-bond acceptors (Lipinski definition) is 3. The van der Waals surface area contributed by atoms with Gasteiger partial charge in [0.2, 0.25) is 0 Å². The maximum absolute atomic E-state index is 12.7. The molecule has 3 aromatic rings. The molecule has 0 heterocycles. The van der Waals surface area contributed by atoms with Crippen LogP contribution in [0.4, 0.5) is 5.69 Å². The summed E-state index contributed by atoms with van der Waals surface area (Å²) in [6.07, 6.45) is 1.92. The lowest BCUT2D eigenvalue weighted by atomic mass is 10.0. The van der Waals surface area contributed by atoms with Crippen LogP contribution in [0, 0.1) is 0 Å². The summed E-state index contributed by atoms with van der Waals surface area (Å²) in [4.78, 5) is 11.0. The molecule has 126 valence electrons. The first-order valence-corrected chi connectivity index (χ1v) is 9.34. The third-order valence-electron chi connectivity index (χ3n) is 4.51. The van der Waals surface area contributed by atoms with Crippen molar-refractivity contribution in [2.24, 2.45) is 0 Å². The van der Waals surface area contributed by atoms with Crippen LogP contribution in [0.25, 0.3) is 10.8 Å². The molecule has 25 heavy (non-hydrogen) atoms. The first kappa shape index (κ1) is 15.7. The monoisotopic (exact) mass is 353 g/mol. The van der Waals surface area contributed by atoms with Crippen LogP contribution in [0.1, 0.15) is 21.5 Å². The van der Waals surface area contributed by atoms with Crippen LogP contribution in [0.5, 0.6) is 0 Å². The Morgan fingerprint density at radius 1 is 0.960 bits per heavy atom. The molecule has 0 radical (unpaired) electrons. The summed E-state index contributed by atoms with van der Waals surface area (Å²) in [5.41, 5.74) is 2.88. The zero-order valence-corrected chi connectivity index (χ0v) is 14.0. The van der Waals surface area contributed by atoms with E-state index in [0.29, 0.717) is 5.69 Å². The van der Waals surface area contributed by atoms with E-state index in [1.165, 1.54) is 29.3 Å². The number of benzene rings is 3. The van der Waals surface area contributed by atoms with Crippen LogP contribution in [0.15, 0.2) is 59.5 Å². The Morgan fingerprint density at radius 2 is 1.68 bits per heavy atom. The van der Waals surface area contributed by atoms with E-state index >= 15 is 0 Å². The highest BCUT2D eigenvalue weighted by Crippen LogP contribution is 2.35. The third kappa shape index (κ3) is 2.64. The molecule has 1 aliphatic rings. The predicted molar refractivity (Wildman–Crippen MR) is 95.6 cm³/mol. The van der Waals surface area contributed by atoms with E-state index in [0.717, 1.165) is 29.7 Å². The minimum absolute atomic E-state index is 0.0664. The molecule has 0 spiro atoms. The minimum atomic E-state index is -3.88. The first-order chi connectivity index (χ1) is 12.0. The third-order valence-corrected chi connectivity index (χ3v) is 5.88. The summed E-state index contributed by atoms with van der Waals surface area (Å²) >= 11 is 0. The summed E-state index contributed by atoms with van der Waals surface area (Å²) in [5.74, 6) is -1.16. The summed E-state index contributed by atoms with van der Waals surface area (Å²) < 4.78 is 28.0. The van der Waals surface area contributed by atoms with Crippen molar-refractivity contribution >= 4 is 32.5 Å². The van der Waals surface area contributed by atoms with Gasteiger partial charge >= 0.3 is 5.97 Å². The van der Waals surface area contributed by atoms with Gasteiger partial charge in [-0.3, -0.25) is 4.72 Å². The number of carboxylic acid groups (broad SMARTS) is 1. The van der Waals surface area contributed by atoms with Crippen molar-refractivity contribution in [1.29, 1.82) is 0 Å². The molecule has 3 aromatic carbocycles. The topological polar surface area (TPSA) is 83.5 Å². The van der Waals surface area contributed by atoms with E-state index in [4.69, 9.17) is 5.11 Å². The second kappa shape index (κ2) is 5.60. The van der Waals surface area contributed by atoms with Gasteiger partial charge in [-0.05, 0) is 53.6 Å². The first-order valence-electron chi connectivity index (χ1n) is 7.85. The van der Waals surface area contributed by atoms with Crippen LogP contribution in [0.3, 0.4) is 0 Å². The average Bonchev–Trinajstić information content (AvgIpc) is 3.02. The highest BCUT2D eigenvalue weighted by Gasteiger charge is 2.20. The SMILES string of the molecule is O=C(O)c1cccc(S(=O)(=O)Nc2ccc3c4c(cccc24)CC3)c1. The van der Waals surface area contributed by atoms with E-state index in [2.05, 4.69) is 10.8 Å².